The number of benzene rings is 3. The molecule has 6 rings (SSSR count). The van der Waals surface area contributed by atoms with Crippen LogP contribution in [0.25, 0.3) is 44.5 Å². The summed E-state index contributed by atoms with van der Waals surface area (Å²) in [5, 5.41) is 3.51. The van der Waals surface area contributed by atoms with Crippen molar-refractivity contribution in [1.82, 2.24) is 9.97 Å². The Hall–Kier alpha value is -3.37. The van der Waals surface area contributed by atoms with E-state index in [1.54, 1.807) is 0 Å². The van der Waals surface area contributed by atoms with E-state index >= 15 is 0 Å². The number of para-hydroxylation sites is 1. The van der Waals surface area contributed by atoms with Gasteiger partial charge in [0.25, 0.3) is 0 Å². The quantitative estimate of drug-likeness (QED) is 0.139. The van der Waals surface area contributed by atoms with E-state index in [2.05, 4.69) is 74.0 Å². The molecule has 0 amide bonds. The van der Waals surface area contributed by atoms with Crippen molar-refractivity contribution in [3.63, 3.8) is 0 Å². The van der Waals surface area contributed by atoms with E-state index in [1.165, 1.54) is 16.3 Å². The molecule has 0 N–H and O–H groups in total. The molecule has 38 heavy (non-hydrogen) atoms. The zero-order valence-corrected chi connectivity index (χ0v) is 25.7. The first kappa shape index (κ1) is 27.7. The van der Waals surface area contributed by atoms with Gasteiger partial charge in [0.2, 0.25) is 0 Å². The summed E-state index contributed by atoms with van der Waals surface area (Å²) in [7, 11) is -1.55. The maximum atomic E-state index is 6.25. The van der Waals surface area contributed by atoms with Crippen LogP contribution in [-0.4, -0.2) is 18.0 Å². The fourth-order valence-corrected chi connectivity index (χ4v) is 5.60. The monoisotopic (exact) mass is 691 g/mol. The molecule has 3 aromatic heterocycles. The molecule has 0 saturated heterocycles. The van der Waals surface area contributed by atoms with Crippen molar-refractivity contribution in [3.05, 3.63) is 115 Å². The molecule has 0 bridgehead atoms. The van der Waals surface area contributed by atoms with Crippen molar-refractivity contribution >= 4 is 35.2 Å². The molecule has 0 unspecified atom stereocenters. The maximum absolute atomic E-state index is 6.25. The SMILES string of the molecule is C[Si](C)(C)c1cnc(-c2[c-]cccc2)c2c1oc1ccccc12.Cc1c[c-]c(-c2ccc(C)cn2)cc1.[Ir]. The maximum Gasteiger partial charge on any atom is 0.134 e. The van der Waals surface area contributed by atoms with Crippen molar-refractivity contribution in [2.24, 2.45) is 0 Å². The molecule has 3 nitrogen and oxygen atoms in total. The van der Waals surface area contributed by atoms with Gasteiger partial charge in [0, 0.05) is 43.3 Å². The molecule has 0 aliphatic rings. The van der Waals surface area contributed by atoms with E-state index in [1.807, 2.05) is 67.8 Å². The molecule has 193 valence electrons. The van der Waals surface area contributed by atoms with Crippen LogP contribution < -0.4 is 5.19 Å². The van der Waals surface area contributed by atoms with Crippen LogP contribution in [0, 0.1) is 26.0 Å². The molecular formula is C33H30IrN2OSi-2. The summed E-state index contributed by atoms with van der Waals surface area (Å²) in [6.45, 7) is 11.1. The summed E-state index contributed by atoms with van der Waals surface area (Å²) >= 11 is 0. The molecule has 0 atom stereocenters. The molecule has 3 aromatic carbocycles. The second kappa shape index (κ2) is 11.6. The number of rotatable bonds is 3. The Balaban J connectivity index is 0.000000193. The van der Waals surface area contributed by atoms with E-state index in [0.717, 1.165) is 44.5 Å². The predicted molar refractivity (Wildman–Crippen MR) is 157 cm³/mol. The number of aryl methyl sites for hydroxylation is 2. The van der Waals surface area contributed by atoms with Crippen molar-refractivity contribution in [3.8, 4) is 22.5 Å². The average molecular weight is 691 g/mol. The van der Waals surface area contributed by atoms with Crippen LogP contribution in [0.4, 0.5) is 0 Å². The molecule has 0 aliphatic carbocycles. The third-order valence-corrected chi connectivity index (χ3v) is 8.30. The number of nitrogens with zero attached hydrogens (tertiary/aromatic N) is 2. The number of pyridine rings is 2. The predicted octanol–water partition coefficient (Wildman–Crippen LogP) is 8.16. The number of aromatic nitrogens is 2. The smallest absolute Gasteiger partial charge is 0.134 e. The fraction of sp³-hybridized carbons (Fsp3) is 0.152. The van der Waals surface area contributed by atoms with Crippen LogP contribution in [0.5, 0.6) is 0 Å². The molecule has 0 fully saturated rings. The first-order chi connectivity index (χ1) is 17.8. The molecule has 1 radical (unpaired) electrons. The topological polar surface area (TPSA) is 38.9 Å². The molecule has 6 aromatic rings. The third-order valence-electron chi connectivity index (χ3n) is 6.33. The third kappa shape index (κ3) is 5.86. The van der Waals surface area contributed by atoms with Crippen LogP contribution in [0.1, 0.15) is 11.1 Å². The summed E-state index contributed by atoms with van der Waals surface area (Å²) in [6.07, 6.45) is 3.89. The van der Waals surface area contributed by atoms with Crippen molar-refractivity contribution in [2.75, 3.05) is 0 Å². The molecular weight excluding hydrogens is 661 g/mol. The van der Waals surface area contributed by atoms with Gasteiger partial charge in [-0.15, -0.1) is 71.3 Å². The number of hydrogen-bond acceptors (Lipinski definition) is 3. The van der Waals surface area contributed by atoms with Crippen LogP contribution in [0.2, 0.25) is 19.6 Å². The van der Waals surface area contributed by atoms with Crippen molar-refractivity contribution < 1.29 is 24.5 Å². The first-order valence-corrected chi connectivity index (χ1v) is 16.0. The Morgan fingerprint density at radius 2 is 1.50 bits per heavy atom. The van der Waals surface area contributed by atoms with Gasteiger partial charge in [-0.25, -0.2) is 0 Å². The molecule has 5 heteroatoms. The first-order valence-electron chi connectivity index (χ1n) is 12.5. The Morgan fingerprint density at radius 1 is 0.737 bits per heavy atom. The summed E-state index contributed by atoms with van der Waals surface area (Å²) in [5.74, 6) is 0. The minimum absolute atomic E-state index is 0. The van der Waals surface area contributed by atoms with E-state index in [-0.39, 0.29) is 20.1 Å². The van der Waals surface area contributed by atoms with Gasteiger partial charge in [0.1, 0.15) is 11.2 Å². The van der Waals surface area contributed by atoms with E-state index in [9.17, 15) is 0 Å². The van der Waals surface area contributed by atoms with Crippen molar-refractivity contribution in [1.29, 1.82) is 0 Å². The second-order valence-electron chi connectivity index (χ2n) is 10.3. The Labute approximate surface area is 239 Å². The number of fused-ring (bicyclic) bond motifs is 3. The molecule has 0 aliphatic heterocycles. The normalized spacial score (nSPS) is 11.1. The van der Waals surface area contributed by atoms with Gasteiger partial charge in [-0.1, -0.05) is 56.9 Å². The van der Waals surface area contributed by atoms with Crippen LogP contribution in [-0.2, 0) is 20.1 Å². The van der Waals surface area contributed by atoms with Crippen molar-refractivity contribution in [2.45, 2.75) is 33.5 Å². The Kier molecular flexibility index (Phi) is 8.42. The average Bonchev–Trinajstić information content (AvgIpc) is 3.29. The van der Waals surface area contributed by atoms with Crippen LogP contribution >= 0.6 is 0 Å². The zero-order chi connectivity index (χ0) is 26.0. The Morgan fingerprint density at radius 3 is 2.16 bits per heavy atom. The van der Waals surface area contributed by atoms with E-state index < -0.39 is 8.07 Å². The van der Waals surface area contributed by atoms with Gasteiger partial charge in [0.05, 0.1) is 8.07 Å². The standard InChI is InChI=1S/C20H18NOSi.C13H12N.Ir/c1-23(2,3)17-13-21-19(14-9-5-4-6-10-14)18-15-11-7-8-12-16(15)22-20(17)18;1-10-3-6-12(7-4-10)13-8-5-11(2)9-14-13;/h4-9,11-13H,1-3H3;3-6,8-9H,1-2H3;/q2*-1;. The fourth-order valence-electron chi connectivity index (χ4n) is 4.29. The molecule has 0 spiro atoms. The number of hydrogen-bond donors (Lipinski definition) is 0. The second-order valence-corrected chi connectivity index (χ2v) is 15.4. The van der Waals surface area contributed by atoms with Gasteiger partial charge in [-0.3, -0.25) is 0 Å². The van der Waals surface area contributed by atoms with Crippen LogP contribution in [0.15, 0.2) is 95.7 Å². The van der Waals surface area contributed by atoms with Crippen LogP contribution in [0.3, 0.4) is 0 Å². The molecule has 0 saturated carbocycles. The summed E-state index contributed by atoms with van der Waals surface area (Å²) in [5.41, 5.74) is 8.31. The summed E-state index contributed by atoms with van der Waals surface area (Å²) in [6, 6.07) is 32.9. The minimum atomic E-state index is -1.55. The van der Waals surface area contributed by atoms with Gasteiger partial charge >= 0.3 is 0 Å². The van der Waals surface area contributed by atoms with E-state index in [4.69, 9.17) is 9.40 Å². The molecule has 3 heterocycles. The van der Waals surface area contributed by atoms with Gasteiger partial charge in [0.15, 0.2) is 0 Å². The largest absolute Gasteiger partial charge is 0.457 e. The van der Waals surface area contributed by atoms with Gasteiger partial charge in [-0.2, -0.15) is 0 Å². The summed E-state index contributed by atoms with van der Waals surface area (Å²) < 4.78 is 6.25. The Bertz CT molecular complexity index is 1610. The van der Waals surface area contributed by atoms with Gasteiger partial charge < -0.3 is 14.4 Å². The summed E-state index contributed by atoms with van der Waals surface area (Å²) in [4.78, 5) is 9.16. The van der Waals surface area contributed by atoms with E-state index in [0.29, 0.717) is 0 Å². The van der Waals surface area contributed by atoms with Gasteiger partial charge in [-0.05, 0) is 35.1 Å². The number of furan rings is 1. The zero-order valence-electron chi connectivity index (χ0n) is 22.3. The minimum Gasteiger partial charge on any atom is -0.457 e.